The molecule has 0 aliphatic rings. The first-order valence-electron chi connectivity index (χ1n) is 10.0. The van der Waals surface area contributed by atoms with Gasteiger partial charge in [0.1, 0.15) is 24.7 Å². The van der Waals surface area contributed by atoms with Gasteiger partial charge in [-0.1, -0.05) is 50.2 Å². The summed E-state index contributed by atoms with van der Waals surface area (Å²) >= 11 is 0. The first-order valence-corrected chi connectivity index (χ1v) is 10.0. The Balaban J connectivity index is 1.55. The van der Waals surface area contributed by atoms with Gasteiger partial charge in [-0.15, -0.1) is 0 Å². The van der Waals surface area contributed by atoms with Crippen LogP contribution in [0.2, 0.25) is 0 Å². The summed E-state index contributed by atoms with van der Waals surface area (Å²) in [5.41, 5.74) is 3.83. The van der Waals surface area contributed by atoms with Crippen LogP contribution in [0.25, 0.3) is 0 Å². The van der Waals surface area contributed by atoms with Gasteiger partial charge in [0, 0.05) is 11.3 Å². The molecule has 29 heavy (non-hydrogen) atoms. The lowest BCUT2D eigenvalue weighted by Crippen LogP contribution is -2.15. The molecule has 0 spiro atoms. The van der Waals surface area contributed by atoms with E-state index in [0.29, 0.717) is 24.5 Å². The summed E-state index contributed by atoms with van der Waals surface area (Å²) in [6.45, 7) is 5.08. The maximum Gasteiger partial charge on any atom is 0.255 e. The average molecular weight is 389 g/mol. The number of hydrogen-bond acceptors (Lipinski definition) is 3. The van der Waals surface area contributed by atoms with Crippen molar-refractivity contribution in [2.24, 2.45) is 0 Å². The Labute approximate surface area is 172 Å². The second-order valence-corrected chi connectivity index (χ2v) is 6.65. The van der Waals surface area contributed by atoms with Crippen molar-refractivity contribution in [3.8, 4) is 11.5 Å². The summed E-state index contributed by atoms with van der Waals surface area (Å²) in [4.78, 5) is 12.7. The predicted octanol–water partition coefficient (Wildman–Crippen LogP) is 5.52. The lowest BCUT2D eigenvalue weighted by atomic mass is 10.0. The molecule has 0 bridgehead atoms. The molecule has 0 heterocycles. The van der Waals surface area contributed by atoms with E-state index < -0.39 is 0 Å². The van der Waals surface area contributed by atoms with Gasteiger partial charge in [-0.25, -0.2) is 0 Å². The number of amides is 1. The minimum atomic E-state index is -0.112. The maximum atomic E-state index is 12.7. The van der Waals surface area contributed by atoms with Crippen molar-refractivity contribution in [2.75, 3.05) is 18.5 Å². The number of nitrogens with one attached hydrogen (secondary N) is 1. The van der Waals surface area contributed by atoms with Crippen molar-refractivity contribution in [1.82, 2.24) is 0 Å². The monoisotopic (exact) mass is 389 g/mol. The lowest BCUT2D eigenvalue weighted by Gasteiger charge is -2.14. The minimum Gasteiger partial charge on any atom is -0.490 e. The van der Waals surface area contributed by atoms with Gasteiger partial charge in [0.25, 0.3) is 5.91 Å². The Kier molecular flexibility index (Phi) is 7.28. The number of benzene rings is 3. The molecule has 0 fully saturated rings. The molecule has 0 atom stereocenters. The molecule has 3 aromatic carbocycles. The van der Waals surface area contributed by atoms with Crippen molar-refractivity contribution >= 4 is 11.6 Å². The Bertz CT molecular complexity index is 898. The third-order valence-electron chi connectivity index (χ3n) is 4.72. The fraction of sp³-hybridized carbons (Fsp3) is 0.240. The van der Waals surface area contributed by atoms with Crippen LogP contribution in [0.3, 0.4) is 0 Å². The van der Waals surface area contributed by atoms with Crippen LogP contribution in [-0.2, 0) is 12.8 Å². The van der Waals surface area contributed by atoms with E-state index in [-0.39, 0.29) is 5.91 Å². The van der Waals surface area contributed by atoms with Gasteiger partial charge in [-0.3, -0.25) is 4.79 Å². The smallest absolute Gasteiger partial charge is 0.255 e. The van der Waals surface area contributed by atoms with E-state index >= 15 is 0 Å². The van der Waals surface area contributed by atoms with Gasteiger partial charge in [-0.05, 0) is 60.4 Å². The SMILES string of the molecule is CCc1cccc(CC)c1NC(=O)c1ccc(OCCOc2ccccc2)cc1. The van der Waals surface area contributed by atoms with Gasteiger partial charge < -0.3 is 14.8 Å². The average Bonchev–Trinajstić information content (AvgIpc) is 2.78. The molecule has 0 unspecified atom stereocenters. The summed E-state index contributed by atoms with van der Waals surface area (Å²) in [5.74, 6) is 1.42. The molecule has 0 aliphatic heterocycles. The molecule has 1 N–H and O–H groups in total. The standard InChI is InChI=1S/C25H27NO3/c1-3-19-9-8-10-20(4-2)24(19)26-25(27)21-13-15-23(16-14-21)29-18-17-28-22-11-6-5-7-12-22/h5-16H,3-4,17-18H2,1-2H3,(H,26,27). The second kappa shape index (κ2) is 10.3. The summed E-state index contributed by atoms with van der Waals surface area (Å²) in [6, 6.07) is 23.0. The van der Waals surface area contributed by atoms with Crippen molar-refractivity contribution in [2.45, 2.75) is 26.7 Å². The number of ether oxygens (including phenoxy) is 2. The second-order valence-electron chi connectivity index (χ2n) is 6.65. The molecule has 4 nitrogen and oxygen atoms in total. The fourth-order valence-electron chi connectivity index (χ4n) is 3.13. The van der Waals surface area contributed by atoms with Gasteiger partial charge in [0.15, 0.2) is 0 Å². The summed E-state index contributed by atoms with van der Waals surface area (Å²) in [7, 11) is 0. The van der Waals surface area contributed by atoms with E-state index in [1.165, 1.54) is 0 Å². The highest BCUT2D eigenvalue weighted by Crippen LogP contribution is 2.23. The van der Waals surface area contributed by atoms with Gasteiger partial charge >= 0.3 is 0 Å². The van der Waals surface area contributed by atoms with Crippen LogP contribution >= 0.6 is 0 Å². The van der Waals surface area contributed by atoms with Crippen LogP contribution < -0.4 is 14.8 Å². The normalized spacial score (nSPS) is 10.4. The molecule has 0 saturated carbocycles. The van der Waals surface area contributed by atoms with Crippen molar-refractivity contribution in [1.29, 1.82) is 0 Å². The highest BCUT2D eigenvalue weighted by molar-refractivity contribution is 6.05. The Hall–Kier alpha value is -3.27. The van der Waals surface area contributed by atoms with E-state index in [1.807, 2.05) is 48.5 Å². The van der Waals surface area contributed by atoms with E-state index in [4.69, 9.17) is 9.47 Å². The number of rotatable bonds is 9. The highest BCUT2D eigenvalue weighted by Gasteiger charge is 2.12. The Morgan fingerprint density at radius 3 is 1.83 bits per heavy atom. The number of hydrogen-bond donors (Lipinski definition) is 1. The molecule has 3 aromatic rings. The van der Waals surface area contributed by atoms with Gasteiger partial charge in [0.05, 0.1) is 0 Å². The third-order valence-corrected chi connectivity index (χ3v) is 4.72. The molecule has 0 aliphatic carbocycles. The Morgan fingerprint density at radius 2 is 1.28 bits per heavy atom. The zero-order valence-corrected chi connectivity index (χ0v) is 17.0. The third kappa shape index (κ3) is 5.61. The van der Waals surface area contributed by atoms with Crippen LogP contribution in [0.5, 0.6) is 11.5 Å². The molecule has 0 radical (unpaired) electrons. The molecular formula is C25H27NO3. The van der Waals surface area contributed by atoms with Gasteiger partial charge in [0.2, 0.25) is 0 Å². The van der Waals surface area contributed by atoms with Crippen LogP contribution in [0, 0.1) is 0 Å². The molecule has 0 saturated heterocycles. The fourth-order valence-corrected chi connectivity index (χ4v) is 3.13. The van der Waals surface area contributed by atoms with Crippen LogP contribution in [0.1, 0.15) is 35.3 Å². The van der Waals surface area contributed by atoms with Crippen molar-refractivity contribution in [3.05, 3.63) is 89.5 Å². The highest BCUT2D eigenvalue weighted by atomic mass is 16.5. The molecule has 1 amide bonds. The molecule has 150 valence electrons. The number of para-hydroxylation sites is 2. The summed E-state index contributed by atoms with van der Waals surface area (Å²) in [6.07, 6.45) is 1.75. The topological polar surface area (TPSA) is 47.6 Å². The molecular weight excluding hydrogens is 362 g/mol. The first kappa shape index (κ1) is 20.5. The lowest BCUT2D eigenvalue weighted by molar-refractivity contribution is 0.102. The maximum absolute atomic E-state index is 12.7. The van der Waals surface area contributed by atoms with Crippen LogP contribution in [0.4, 0.5) is 5.69 Å². The van der Waals surface area contributed by atoms with Crippen molar-refractivity contribution in [3.63, 3.8) is 0 Å². The summed E-state index contributed by atoms with van der Waals surface area (Å²) in [5, 5.41) is 3.09. The zero-order valence-electron chi connectivity index (χ0n) is 17.0. The summed E-state index contributed by atoms with van der Waals surface area (Å²) < 4.78 is 11.3. The predicted molar refractivity (Wildman–Crippen MR) is 117 cm³/mol. The van der Waals surface area contributed by atoms with Crippen LogP contribution in [0.15, 0.2) is 72.8 Å². The quantitative estimate of drug-likeness (QED) is 0.490. The van der Waals surface area contributed by atoms with E-state index in [0.717, 1.165) is 35.4 Å². The minimum absolute atomic E-state index is 0.112. The molecule has 3 rings (SSSR count). The van der Waals surface area contributed by atoms with E-state index in [2.05, 4.69) is 31.3 Å². The molecule has 0 aromatic heterocycles. The Morgan fingerprint density at radius 1 is 0.724 bits per heavy atom. The van der Waals surface area contributed by atoms with Crippen molar-refractivity contribution < 1.29 is 14.3 Å². The first-order chi connectivity index (χ1) is 14.2. The largest absolute Gasteiger partial charge is 0.490 e. The van der Waals surface area contributed by atoms with E-state index in [9.17, 15) is 4.79 Å². The zero-order chi connectivity index (χ0) is 20.5. The van der Waals surface area contributed by atoms with Gasteiger partial charge in [-0.2, -0.15) is 0 Å². The number of anilines is 1. The van der Waals surface area contributed by atoms with E-state index in [1.54, 1.807) is 12.1 Å². The number of aryl methyl sites for hydroxylation is 2. The number of carbonyl (C=O) groups excluding carboxylic acids is 1. The molecule has 4 heteroatoms. The number of carbonyl (C=O) groups is 1. The van der Waals surface area contributed by atoms with Crippen LogP contribution in [-0.4, -0.2) is 19.1 Å².